The van der Waals surface area contributed by atoms with Gasteiger partial charge in [-0.25, -0.2) is 18.4 Å². The van der Waals surface area contributed by atoms with Crippen molar-refractivity contribution >= 4 is 21.2 Å². The summed E-state index contributed by atoms with van der Waals surface area (Å²) in [6.07, 6.45) is 4.48. The maximum absolute atomic E-state index is 12.6. The van der Waals surface area contributed by atoms with Crippen molar-refractivity contribution in [1.82, 2.24) is 14.5 Å². The first kappa shape index (κ1) is 15.4. The van der Waals surface area contributed by atoms with Crippen LogP contribution < -0.4 is 5.56 Å². The van der Waals surface area contributed by atoms with Gasteiger partial charge in [0.05, 0.1) is 5.75 Å². The summed E-state index contributed by atoms with van der Waals surface area (Å²) in [4.78, 5) is 20.9. The molecule has 3 heterocycles. The van der Waals surface area contributed by atoms with Crippen molar-refractivity contribution in [1.29, 1.82) is 0 Å². The Kier molecular flexibility index (Phi) is 4.14. The molecule has 22 heavy (non-hydrogen) atoms. The fraction of sp³-hybridized carbons (Fsp3) is 0.500. The zero-order valence-electron chi connectivity index (χ0n) is 12.3. The van der Waals surface area contributed by atoms with Crippen molar-refractivity contribution in [3.63, 3.8) is 0 Å². The zero-order chi connectivity index (χ0) is 15.7. The Hall–Kier alpha value is -1.54. The molecular formula is C14H17N3O3S2. The van der Waals surface area contributed by atoms with Crippen molar-refractivity contribution in [2.45, 2.75) is 43.5 Å². The van der Waals surface area contributed by atoms with Gasteiger partial charge in [-0.1, -0.05) is 0 Å². The lowest BCUT2D eigenvalue weighted by molar-refractivity contribution is 0.490. The number of sulfone groups is 1. The minimum absolute atomic E-state index is 0.0865. The van der Waals surface area contributed by atoms with E-state index < -0.39 is 9.84 Å². The van der Waals surface area contributed by atoms with E-state index in [2.05, 4.69) is 9.97 Å². The van der Waals surface area contributed by atoms with Gasteiger partial charge in [0, 0.05) is 35.8 Å². The van der Waals surface area contributed by atoms with E-state index in [0.29, 0.717) is 17.8 Å². The third-order valence-corrected chi connectivity index (χ3v) is 6.87. The van der Waals surface area contributed by atoms with Crippen LogP contribution >= 0.6 is 11.3 Å². The average Bonchev–Trinajstić information content (AvgIpc) is 3.02. The molecule has 3 rings (SSSR count). The van der Waals surface area contributed by atoms with Crippen LogP contribution in [0.4, 0.5) is 0 Å². The third-order valence-electron chi connectivity index (χ3n) is 3.88. The van der Waals surface area contributed by atoms with Crippen LogP contribution in [0, 0.1) is 6.92 Å². The summed E-state index contributed by atoms with van der Waals surface area (Å²) in [5, 5.41) is 1.63. The lowest BCUT2D eigenvalue weighted by Crippen LogP contribution is -2.32. The lowest BCUT2D eigenvalue weighted by Gasteiger charge is -2.19. The number of fused-ring (bicyclic) bond motifs is 1. The summed E-state index contributed by atoms with van der Waals surface area (Å²) in [6.45, 7) is 2.45. The molecule has 0 radical (unpaired) electrons. The number of hydrogen-bond acceptors (Lipinski definition) is 6. The highest BCUT2D eigenvalue weighted by molar-refractivity contribution is 7.93. The molecule has 0 N–H and O–H groups in total. The molecule has 2 aromatic heterocycles. The van der Waals surface area contributed by atoms with Crippen LogP contribution in [-0.2, 0) is 29.2 Å². The summed E-state index contributed by atoms with van der Waals surface area (Å²) in [7, 11) is -3.44. The number of rotatable bonds is 4. The second-order valence-corrected chi connectivity index (χ2v) is 8.55. The SMILES string of the molecule is Cc1nc2n(c(=O)c1CCS(=O)(=O)c1nccs1)CCCC2. The van der Waals surface area contributed by atoms with Crippen LogP contribution in [0.15, 0.2) is 20.7 Å². The van der Waals surface area contributed by atoms with Crippen LogP contribution in [0.2, 0.25) is 0 Å². The van der Waals surface area contributed by atoms with Crippen molar-refractivity contribution in [3.8, 4) is 0 Å². The molecule has 8 heteroatoms. The zero-order valence-corrected chi connectivity index (χ0v) is 13.9. The maximum atomic E-state index is 12.6. The first-order chi connectivity index (χ1) is 10.5. The largest absolute Gasteiger partial charge is 0.296 e. The average molecular weight is 339 g/mol. The fourth-order valence-corrected chi connectivity index (χ4v) is 4.94. The van der Waals surface area contributed by atoms with Gasteiger partial charge in [-0.3, -0.25) is 9.36 Å². The van der Waals surface area contributed by atoms with Crippen LogP contribution in [0.3, 0.4) is 0 Å². The first-order valence-corrected chi connectivity index (χ1v) is 9.73. The molecular weight excluding hydrogens is 322 g/mol. The first-order valence-electron chi connectivity index (χ1n) is 7.20. The standard InChI is InChI=1S/C14H17N3O3S2/c1-10-11(5-9-22(19,20)14-15-6-8-21-14)13(18)17-7-3-2-4-12(17)16-10/h6,8H,2-5,7,9H2,1H3. The van der Waals surface area contributed by atoms with Gasteiger partial charge in [-0.05, 0) is 26.2 Å². The topological polar surface area (TPSA) is 81.9 Å². The van der Waals surface area contributed by atoms with Crippen molar-refractivity contribution in [3.05, 3.63) is 39.0 Å². The van der Waals surface area contributed by atoms with Gasteiger partial charge in [0.25, 0.3) is 5.56 Å². The van der Waals surface area contributed by atoms with E-state index in [-0.39, 0.29) is 22.1 Å². The highest BCUT2D eigenvalue weighted by Crippen LogP contribution is 2.16. The molecule has 0 amide bonds. The summed E-state index contributed by atoms with van der Waals surface area (Å²) in [5.74, 6) is 0.706. The van der Waals surface area contributed by atoms with Crippen molar-refractivity contribution in [2.24, 2.45) is 0 Å². The highest BCUT2D eigenvalue weighted by Gasteiger charge is 2.21. The summed E-state index contributed by atoms with van der Waals surface area (Å²) in [5.41, 5.74) is 1.06. The van der Waals surface area contributed by atoms with E-state index in [1.807, 2.05) is 0 Å². The van der Waals surface area contributed by atoms with E-state index in [1.54, 1.807) is 16.9 Å². The highest BCUT2D eigenvalue weighted by atomic mass is 32.2. The van der Waals surface area contributed by atoms with Gasteiger partial charge >= 0.3 is 0 Å². The summed E-state index contributed by atoms with van der Waals surface area (Å²) in [6, 6.07) is 0. The van der Waals surface area contributed by atoms with E-state index in [0.717, 1.165) is 36.4 Å². The van der Waals surface area contributed by atoms with Crippen LogP contribution in [0.5, 0.6) is 0 Å². The van der Waals surface area contributed by atoms with Crippen LogP contribution in [-0.4, -0.2) is 28.7 Å². The van der Waals surface area contributed by atoms with Gasteiger partial charge in [0.1, 0.15) is 5.82 Å². The molecule has 1 aliphatic rings. The Morgan fingerprint density at radius 2 is 2.18 bits per heavy atom. The molecule has 1 aliphatic heterocycles. The lowest BCUT2D eigenvalue weighted by atomic mass is 10.1. The third kappa shape index (κ3) is 2.85. The van der Waals surface area contributed by atoms with Crippen molar-refractivity contribution in [2.75, 3.05) is 5.75 Å². The molecule has 0 saturated carbocycles. The fourth-order valence-electron chi connectivity index (χ4n) is 2.71. The number of aromatic nitrogens is 3. The molecule has 0 aliphatic carbocycles. The number of aryl methyl sites for hydroxylation is 2. The second kappa shape index (κ2) is 5.92. The Bertz CT molecular complexity index is 839. The number of thiazole rings is 1. The van der Waals surface area contributed by atoms with Gasteiger partial charge in [0.2, 0.25) is 14.2 Å². The summed E-state index contributed by atoms with van der Waals surface area (Å²) < 4.78 is 26.2. The molecule has 0 aromatic carbocycles. The van der Waals surface area contributed by atoms with Gasteiger partial charge in [-0.15, -0.1) is 11.3 Å². The minimum Gasteiger partial charge on any atom is -0.296 e. The summed E-state index contributed by atoms with van der Waals surface area (Å²) >= 11 is 1.10. The second-order valence-electron chi connectivity index (χ2n) is 5.37. The van der Waals surface area contributed by atoms with E-state index in [1.165, 1.54) is 6.20 Å². The van der Waals surface area contributed by atoms with Gasteiger partial charge in [-0.2, -0.15) is 0 Å². The van der Waals surface area contributed by atoms with E-state index in [9.17, 15) is 13.2 Å². The molecule has 0 atom stereocenters. The normalized spacial score (nSPS) is 14.8. The molecule has 0 fully saturated rings. The molecule has 118 valence electrons. The van der Waals surface area contributed by atoms with Crippen LogP contribution in [0.1, 0.15) is 29.9 Å². The Balaban J connectivity index is 1.89. The number of nitrogens with zero attached hydrogens (tertiary/aromatic N) is 3. The number of hydrogen-bond donors (Lipinski definition) is 0. The quantitative estimate of drug-likeness (QED) is 0.840. The molecule has 0 spiro atoms. The Morgan fingerprint density at radius 1 is 1.36 bits per heavy atom. The van der Waals surface area contributed by atoms with E-state index >= 15 is 0 Å². The molecule has 0 unspecified atom stereocenters. The van der Waals surface area contributed by atoms with Crippen molar-refractivity contribution < 1.29 is 8.42 Å². The van der Waals surface area contributed by atoms with E-state index in [4.69, 9.17) is 0 Å². The van der Waals surface area contributed by atoms with Gasteiger partial charge < -0.3 is 0 Å². The predicted molar refractivity (Wildman–Crippen MR) is 84.0 cm³/mol. The maximum Gasteiger partial charge on any atom is 0.256 e. The minimum atomic E-state index is -3.44. The smallest absolute Gasteiger partial charge is 0.256 e. The predicted octanol–water partition coefficient (Wildman–Crippen LogP) is 1.36. The molecule has 2 aromatic rings. The Morgan fingerprint density at radius 3 is 2.91 bits per heavy atom. The Labute approximate surface area is 132 Å². The van der Waals surface area contributed by atoms with Gasteiger partial charge in [0.15, 0.2) is 0 Å². The molecule has 0 saturated heterocycles. The molecule has 6 nitrogen and oxygen atoms in total. The molecule has 0 bridgehead atoms. The van der Waals surface area contributed by atoms with Crippen LogP contribution in [0.25, 0.3) is 0 Å². The monoisotopic (exact) mass is 339 g/mol.